The van der Waals surface area contributed by atoms with Gasteiger partial charge in [0.2, 0.25) is 5.91 Å². The van der Waals surface area contributed by atoms with Gasteiger partial charge in [0.25, 0.3) is 0 Å². The van der Waals surface area contributed by atoms with E-state index >= 15 is 0 Å². The second-order valence-electron chi connectivity index (χ2n) is 7.52. The number of carbonyl (C=O) groups is 1. The van der Waals surface area contributed by atoms with Gasteiger partial charge in [-0.05, 0) is 44.5 Å². The summed E-state index contributed by atoms with van der Waals surface area (Å²) < 4.78 is 13.2. The Bertz CT molecular complexity index is 835. The second kappa shape index (κ2) is 8.22. The van der Waals surface area contributed by atoms with Gasteiger partial charge in [0, 0.05) is 31.4 Å². The number of amides is 1. The third-order valence-electron chi connectivity index (χ3n) is 5.39. The van der Waals surface area contributed by atoms with Gasteiger partial charge < -0.3 is 14.4 Å². The van der Waals surface area contributed by atoms with E-state index in [1.54, 1.807) is 0 Å². The maximum atomic E-state index is 13.0. The van der Waals surface area contributed by atoms with Crippen molar-refractivity contribution < 1.29 is 14.3 Å². The second-order valence-corrected chi connectivity index (χ2v) is 7.52. The molecule has 0 spiro atoms. The zero-order chi connectivity index (χ0) is 19.5. The normalized spacial score (nSPS) is 18.7. The Balaban J connectivity index is 1.40. The lowest BCUT2D eigenvalue weighted by Crippen LogP contribution is -2.38. The van der Waals surface area contributed by atoms with Crippen LogP contribution in [-0.2, 0) is 17.9 Å². The Labute approximate surface area is 165 Å². The van der Waals surface area contributed by atoms with Crippen LogP contribution in [-0.4, -0.2) is 58.8 Å². The standard InChI is InChI=1S/C21H28N4O3/c1-3-24-14-16(12-22-24)13-23(2)15-21(26)25-8-4-5-18(25)17-6-7-19-20(11-17)28-10-9-27-19/h6-7,11-12,14,18H,3-5,8-10,13,15H2,1-2H3/t18-/m1/s1. The van der Waals surface area contributed by atoms with E-state index in [2.05, 4.69) is 23.0 Å². The number of likely N-dealkylation sites (N-methyl/N-ethyl adjacent to an activating group) is 1. The zero-order valence-electron chi connectivity index (χ0n) is 16.6. The van der Waals surface area contributed by atoms with Gasteiger partial charge in [0.05, 0.1) is 18.8 Å². The molecule has 1 aromatic carbocycles. The summed E-state index contributed by atoms with van der Waals surface area (Å²) in [6.45, 7) is 6.00. The molecule has 150 valence electrons. The summed E-state index contributed by atoms with van der Waals surface area (Å²) in [5.41, 5.74) is 2.25. The number of hydrogen-bond donors (Lipinski definition) is 0. The average Bonchev–Trinajstić information content (AvgIpc) is 3.37. The molecule has 7 nitrogen and oxygen atoms in total. The lowest BCUT2D eigenvalue weighted by molar-refractivity contribution is -0.133. The maximum absolute atomic E-state index is 13.0. The van der Waals surface area contributed by atoms with Crippen LogP contribution in [0, 0.1) is 0 Å². The highest BCUT2D eigenvalue weighted by atomic mass is 16.6. The van der Waals surface area contributed by atoms with E-state index in [-0.39, 0.29) is 11.9 Å². The fraction of sp³-hybridized carbons (Fsp3) is 0.524. The summed E-state index contributed by atoms with van der Waals surface area (Å²) in [5, 5.41) is 4.30. The summed E-state index contributed by atoms with van der Waals surface area (Å²) in [5.74, 6) is 1.74. The van der Waals surface area contributed by atoms with Crippen LogP contribution in [0.25, 0.3) is 0 Å². The van der Waals surface area contributed by atoms with Gasteiger partial charge in [-0.3, -0.25) is 14.4 Å². The quantitative estimate of drug-likeness (QED) is 0.766. The molecule has 0 unspecified atom stereocenters. The number of rotatable bonds is 6. The van der Waals surface area contributed by atoms with E-state index in [4.69, 9.17) is 9.47 Å². The lowest BCUT2D eigenvalue weighted by Gasteiger charge is -2.28. The summed E-state index contributed by atoms with van der Waals surface area (Å²) >= 11 is 0. The van der Waals surface area contributed by atoms with E-state index in [1.807, 2.05) is 41.2 Å². The maximum Gasteiger partial charge on any atom is 0.237 e. The smallest absolute Gasteiger partial charge is 0.237 e. The van der Waals surface area contributed by atoms with Crippen LogP contribution in [0.2, 0.25) is 0 Å². The highest BCUT2D eigenvalue weighted by molar-refractivity contribution is 5.79. The van der Waals surface area contributed by atoms with Gasteiger partial charge in [-0.15, -0.1) is 0 Å². The van der Waals surface area contributed by atoms with Crippen molar-refractivity contribution in [2.24, 2.45) is 0 Å². The molecule has 0 aliphatic carbocycles. The highest BCUT2D eigenvalue weighted by Gasteiger charge is 2.31. The predicted molar refractivity (Wildman–Crippen MR) is 105 cm³/mol. The topological polar surface area (TPSA) is 59.8 Å². The van der Waals surface area contributed by atoms with E-state index in [0.717, 1.165) is 48.6 Å². The first-order valence-electron chi connectivity index (χ1n) is 10.0. The fourth-order valence-corrected chi connectivity index (χ4v) is 4.03. The van der Waals surface area contributed by atoms with Gasteiger partial charge in [0.15, 0.2) is 11.5 Å². The molecule has 2 aliphatic heterocycles. The van der Waals surface area contributed by atoms with Crippen LogP contribution in [0.4, 0.5) is 0 Å². The van der Waals surface area contributed by atoms with Gasteiger partial charge in [-0.2, -0.15) is 5.10 Å². The molecule has 2 aromatic rings. The Kier molecular flexibility index (Phi) is 5.52. The Morgan fingerprint density at radius 2 is 2.11 bits per heavy atom. The molecule has 1 aromatic heterocycles. The van der Waals surface area contributed by atoms with Crippen LogP contribution < -0.4 is 9.47 Å². The van der Waals surface area contributed by atoms with Crippen LogP contribution in [0.3, 0.4) is 0 Å². The van der Waals surface area contributed by atoms with Crippen molar-refractivity contribution in [3.63, 3.8) is 0 Å². The van der Waals surface area contributed by atoms with Crippen molar-refractivity contribution in [1.82, 2.24) is 19.6 Å². The van der Waals surface area contributed by atoms with E-state index < -0.39 is 0 Å². The van der Waals surface area contributed by atoms with Crippen molar-refractivity contribution in [1.29, 1.82) is 0 Å². The number of benzene rings is 1. The van der Waals surface area contributed by atoms with Crippen molar-refractivity contribution >= 4 is 5.91 Å². The molecule has 0 bridgehead atoms. The number of aryl methyl sites for hydroxylation is 1. The van der Waals surface area contributed by atoms with Gasteiger partial charge in [0.1, 0.15) is 13.2 Å². The van der Waals surface area contributed by atoms with Crippen molar-refractivity contribution in [2.75, 3.05) is 33.4 Å². The van der Waals surface area contributed by atoms with Gasteiger partial charge in [-0.25, -0.2) is 0 Å². The highest BCUT2D eigenvalue weighted by Crippen LogP contribution is 2.38. The number of nitrogens with zero attached hydrogens (tertiary/aromatic N) is 4. The monoisotopic (exact) mass is 384 g/mol. The molecule has 2 aliphatic rings. The number of ether oxygens (including phenoxy) is 2. The molecule has 3 heterocycles. The summed E-state index contributed by atoms with van der Waals surface area (Å²) in [6, 6.07) is 6.17. The van der Waals surface area contributed by atoms with Gasteiger partial charge in [-0.1, -0.05) is 6.07 Å². The molecule has 1 atom stereocenters. The van der Waals surface area contributed by atoms with Crippen LogP contribution in [0.15, 0.2) is 30.6 Å². The average molecular weight is 384 g/mol. The Hall–Kier alpha value is -2.54. The predicted octanol–water partition coefficient (Wildman–Crippen LogP) is 2.47. The van der Waals surface area contributed by atoms with Crippen molar-refractivity contribution in [3.8, 4) is 11.5 Å². The van der Waals surface area contributed by atoms with Crippen LogP contribution in [0.1, 0.15) is 36.9 Å². The minimum Gasteiger partial charge on any atom is -0.486 e. The SMILES string of the molecule is CCn1cc(CN(C)CC(=O)N2CCC[C@@H]2c2ccc3c(c2)OCCO3)cn1. The minimum atomic E-state index is 0.111. The van der Waals surface area contributed by atoms with Crippen molar-refractivity contribution in [2.45, 2.75) is 38.9 Å². The third kappa shape index (κ3) is 3.99. The first kappa shape index (κ1) is 18.8. The molecular weight excluding hydrogens is 356 g/mol. The molecule has 1 saturated heterocycles. The summed E-state index contributed by atoms with van der Waals surface area (Å²) in [6.07, 6.45) is 5.92. The molecule has 1 amide bonds. The van der Waals surface area contributed by atoms with E-state index in [1.165, 1.54) is 0 Å². The van der Waals surface area contributed by atoms with Gasteiger partial charge >= 0.3 is 0 Å². The van der Waals surface area contributed by atoms with Crippen molar-refractivity contribution in [3.05, 3.63) is 41.7 Å². The number of likely N-dealkylation sites (tertiary alicyclic amines) is 1. The molecule has 4 rings (SSSR count). The Morgan fingerprint density at radius 1 is 1.29 bits per heavy atom. The summed E-state index contributed by atoms with van der Waals surface area (Å²) in [7, 11) is 1.98. The first-order chi connectivity index (χ1) is 13.6. The molecule has 0 saturated carbocycles. The Morgan fingerprint density at radius 3 is 2.89 bits per heavy atom. The number of fused-ring (bicyclic) bond motifs is 1. The van der Waals surface area contributed by atoms with E-state index in [0.29, 0.717) is 26.3 Å². The molecule has 1 fully saturated rings. The number of carbonyl (C=O) groups excluding carboxylic acids is 1. The number of aromatic nitrogens is 2. The van der Waals surface area contributed by atoms with E-state index in [9.17, 15) is 4.79 Å². The molecule has 28 heavy (non-hydrogen) atoms. The molecule has 0 radical (unpaired) electrons. The number of hydrogen-bond acceptors (Lipinski definition) is 5. The molecule has 7 heteroatoms. The molecular formula is C21H28N4O3. The largest absolute Gasteiger partial charge is 0.486 e. The third-order valence-corrected chi connectivity index (χ3v) is 5.39. The van der Waals surface area contributed by atoms with Crippen LogP contribution in [0.5, 0.6) is 11.5 Å². The zero-order valence-corrected chi connectivity index (χ0v) is 16.6. The lowest BCUT2D eigenvalue weighted by atomic mass is 10.0. The fourth-order valence-electron chi connectivity index (χ4n) is 4.03. The van der Waals surface area contributed by atoms with Crippen LogP contribution >= 0.6 is 0 Å². The first-order valence-corrected chi connectivity index (χ1v) is 10.0. The summed E-state index contributed by atoms with van der Waals surface area (Å²) in [4.78, 5) is 17.1. The molecule has 0 N–H and O–H groups in total. The minimum absolute atomic E-state index is 0.111.